The van der Waals surface area contributed by atoms with Gasteiger partial charge < -0.3 is 9.47 Å². The van der Waals surface area contributed by atoms with Crippen LogP contribution in [0, 0.1) is 0 Å². The van der Waals surface area contributed by atoms with Crippen LogP contribution in [-0.2, 0) is 5.41 Å². The Labute approximate surface area is 364 Å². The molecule has 0 atom stereocenters. The van der Waals surface area contributed by atoms with Crippen molar-refractivity contribution in [3.8, 4) is 90.8 Å². The third kappa shape index (κ3) is 6.03. The number of rotatable bonds is 6. The highest BCUT2D eigenvalue weighted by Gasteiger charge is 2.53. The Bertz CT molecular complexity index is 3000. The Kier molecular flexibility index (Phi) is 8.61. The Morgan fingerprint density at radius 2 is 0.587 bits per heavy atom. The smallest absolute Gasteiger partial charge is 0.160 e. The average Bonchev–Trinajstić information content (AvgIpc) is 3.36. The lowest BCUT2D eigenvalue weighted by molar-refractivity contribution is 0.400. The number of hydrogen-bond donors (Lipinski definition) is 0. The fourth-order valence-electron chi connectivity index (χ4n) is 9.32. The molecular formula is C57H36N4O2. The van der Waals surface area contributed by atoms with Gasteiger partial charge in [-0.2, -0.15) is 0 Å². The zero-order valence-corrected chi connectivity index (χ0v) is 33.9. The van der Waals surface area contributed by atoms with Crippen LogP contribution in [0.15, 0.2) is 218 Å². The Balaban J connectivity index is 1.20. The van der Waals surface area contributed by atoms with Crippen LogP contribution in [0.2, 0.25) is 0 Å². The first kappa shape index (κ1) is 36.4. The van der Waals surface area contributed by atoms with E-state index in [9.17, 15) is 0 Å². The molecule has 4 heterocycles. The van der Waals surface area contributed by atoms with Crippen LogP contribution in [0.25, 0.3) is 67.8 Å². The van der Waals surface area contributed by atoms with Gasteiger partial charge in [-0.15, -0.1) is 0 Å². The average molecular weight is 809 g/mol. The molecule has 0 saturated heterocycles. The standard InChI is InChI=1S/C57H36N4O2/c1-5-19-37(20-6-1)45-35-46(38-21-7-2-8-22-38)59-55(58-45)41-27-17-33-51-53(41)57(43-29-13-15-31-49(43)62-51)44-30-14-16-32-50(44)63-52-34-18-28-42(54(52)57)56-60-47(39-23-9-3-10-24-39)36-48(61-56)40-25-11-4-12-26-40/h1-36H. The fourth-order valence-corrected chi connectivity index (χ4v) is 9.32. The summed E-state index contributed by atoms with van der Waals surface area (Å²) in [7, 11) is 0. The second-order valence-electron chi connectivity index (χ2n) is 15.7. The van der Waals surface area contributed by atoms with Gasteiger partial charge in [-0.05, 0) is 36.4 Å². The van der Waals surface area contributed by atoms with Crippen molar-refractivity contribution in [3.05, 3.63) is 241 Å². The maximum atomic E-state index is 7.00. The van der Waals surface area contributed by atoms with E-state index in [0.29, 0.717) is 23.1 Å². The molecule has 0 bridgehead atoms. The first-order valence-corrected chi connectivity index (χ1v) is 21.0. The van der Waals surface area contributed by atoms with Gasteiger partial charge in [0.1, 0.15) is 23.0 Å². The number of nitrogens with zero attached hydrogens (tertiary/aromatic N) is 4. The molecule has 0 aliphatic carbocycles. The number of aromatic nitrogens is 4. The van der Waals surface area contributed by atoms with E-state index in [2.05, 4.69) is 109 Å². The highest BCUT2D eigenvalue weighted by atomic mass is 16.5. The molecule has 10 aromatic rings. The van der Waals surface area contributed by atoms with Crippen LogP contribution in [-0.4, -0.2) is 19.9 Å². The van der Waals surface area contributed by atoms with Crippen LogP contribution in [0.1, 0.15) is 22.3 Å². The van der Waals surface area contributed by atoms with Gasteiger partial charge in [-0.3, -0.25) is 0 Å². The summed E-state index contributed by atoms with van der Waals surface area (Å²) in [6, 6.07) is 74.4. The minimum absolute atomic E-state index is 0.575. The van der Waals surface area contributed by atoms with Crippen LogP contribution < -0.4 is 9.47 Å². The Morgan fingerprint density at radius 3 is 0.937 bits per heavy atom. The van der Waals surface area contributed by atoms with Crippen molar-refractivity contribution in [3.63, 3.8) is 0 Å². The van der Waals surface area contributed by atoms with Gasteiger partial charge >= 0.3 is 0 Å². The minimum Gasteiger partial charge on any atom is -0.457 e. The number of hydrogen-bond acceptors (Lipinski definition) is 6. The van der Waals surface area contributed by atoms with E-state index in [1.165, 1.54) is 0 Å². The summed E-state index contributed by atoms with van der Waals surface area (Å²) < 4.78 is 14.0. The molecule has 296 valence electrons. The van der Waals surface area contributed by atoms with Crippen molar-refractivity contribution >= 4 is 0 Å². The molecule has 63 heavy (non-hydrogen) atoms. The topological polar surface area (TPSA) is 70.0 Å². The van der Waals surface area contributed by atoms with Gasteiger partial charge in [0.05, 0.1) is 28.2 Å². The predicted octanol–water partition coefficient (Wildman–Crippen LogP) is 13.9. The number of benzene rings is 8. The van der Waals surface area contributed by atoms with E-state index in [4.69, 9.17) is 29.4 Å². The molecule has 0 amide bonds. The third-order valence-electron chi connectivity index (χ3n) is 12.0. The summed E-state index contributed by atoms with van der Waals surface area (Å²) in [5.41, 5.74) is 11.6. The third-order valence-corrected chi connectivity index (χ3v) is 12.0. The van der Waals surface area contributed by atoms with Crippen LogP contribution in [0.4, 0.5) is 0 Å². The molecule has 6 heteroatoms. The van der Waals surface area contributed by atoms with E-state index < -0.39 is 5.41 Å². The van der Waals surface area contributed by atoms with Crippen LogP contribution >= 0.6 is 0 Å². The van der Waals surface area contributed by atoms with Crippen molar-refractivity contribution in [2.45, 2.75) is 5.41 Å². The Morgan fingerprint density at radius 1 is 0.286 bits per heavy atom. The predicted molar refractivity (Wildman–Crippen MR) is 249 cm³/mol. The highest BCUT2D eigenvalue weighted by Crippen LogP contribution is 2.64. The van der Waals surface area contributed by atoms with Gasteiger partial charge in [0, 0.05) is 55.6 Å². The first-order chi connectivity index (χ1) is 31.2. The van der Waals surface area contributed by atoms with Gasteiger partial charge in [-0.1, -0.05) is 182 Å². The lowest BCUT2D eigenvalue weighted by Gasteiger charge is -2.46. The molecule has 8 aromatic carbocycles. The van der Waals surface area contributed by atoms with E-state index in [-0.39, 0.29) is 0 Å². The summed E-state index contributed by atoms with van der Waals surface area (Å²) >= 11 is 0. The second-order valence-corrected chi connectivity index (χ2v) is 15.7. The molecule has 12 rings (SSSR count). The van der Waals surface area contributed by atoms with Crippen molar-refractivity contribution < 1.29 is 9.47 Å². The van der Waals surface area contributed by atoms with Crippen LogP contribution in [0.3, 0.4) is 0 Å². The normalized spacial score (nSPS) is 12.8. The van der Waals surface area contributed by atoms with E-state index in [1.54, 1.807) is 0 Å². The van der Waals surface area contributed by atoms with Gasteiger partial charge in [0.15, 0.2) is 11.6 Å². The van der Waals surface area contributed by atoms with E-state index in [1.807, 2.05) is 109 Å². The lowest BCUT2D eigenvalue weighted by Crippen LogP contribution is -2.38. The molecule has 1 spiro atoms. The van der Waals surface area contributed by atoms with Gasteiger partial charge in [0.2, 0.25) is 0 Å². The van der Waals surface area contributed by atoms with Crippen molar-refractivity contribution in [2.24, 2.45) is 0 Å². The van der Waals surface area contributed by atoms with Crippen LogP contribution in [0.5, 0.6) is 23.0 Å². The molecule has 0 radical (unpaired) electrons. The SMILES string of the molecule is c1ccc(-c2cc(-c3ccccc3)nc(-c3cccc4c3C3(c5ccccc5O4)c4ccccc4Oc4cccc(-c5nc(-c6ccccc6)cc(-c6ccccc6)n5)c43)n2)cc1. The largest absolute Gasteiger partial charge is 0.457 e. The zero-order chi connectivity index (χ0) is 41.7. The van der Waals surface area contributed by atoms with Crippen molar-refractivity contribution in [1.29, 1.82) is 0 Å². The van der Waals surface area contributed by atoms with Crippen molar-refractivity contribution in [1.82, 2.24) is 19.9 Å². The van der Waals surface area contributed by atoms with E-state index >= 15 is 0 Å². The summed E-state index contributed by atoms with van der Waals surface area (Å²) in [6.45, 7) is 0. The number of ether oxygens (including phenoxy) is 2. The summed E-state index contributed by atoms with van der Waals surface area (Å²) in [5, 5.41) is 0. The molecule has 0 N–H and O–H groups in total. The summed E-state index contributed by atoms with van der Waals surface area (Å²) in [5.74, 6) is 4.03. The molecule has 6 nitrogen and oxygen atoms in total. The quantitative estimate of drug-likeness (QED) is 0.167. The minimum atomic E-state index is -1.03. The fraction of sp³-hybridized carbons (Fsp3) is 0.0175. The molecule has 2 aliphatic rings. The van der Waals surface area contributed by atoms with Gasteiger partial charge in [0.25, 0.3) is 0 Å². The second kappa shape index (κ2) is 14.9. The molecule has 2 aliphatic heterocycles. The molecular weight excluding hydrogens is 773 g/mol. The zero-order valence-electron chi connectivity index (χ0n) is 33.9. The maximum Gasteiger partial charge on any atom is 0.160 e. The van der Waals surface area contributed by atoms with Gasteiger partial charge in [-0.25, -0.2) is 19.9 Å². The molecule has 2 aromatic heterocycles. The molecule has 0 saturated carbocycles. The summed E-state index contributed by atoms with van der Waals surface area (Å²) in [6.07, 6.45) is 0. The van der Waals surface area contributed by atoms with Crippen molar-refractivity contribution in [2.75, 3.05) is 0 Å². The lowest BCUT2D eigenvalue weighted by atomic mass is 9.60. The molecule has 0 fully saturated rings. The number of fused-ring (bicyclic) bond motifs is 8. The maximum absolute atomic E-state index is 7.00. The summed E-state index contributed by atoms with van der Waals surface area (Å²) in [4.78, 5) is 21.6. The number of para-hydroxylation sites is 2. The highest BCUT2D eigenvalue weighted by molar-refractivity contribution is 5.87. The Hall–Kier alpha value is -8.48. The molecule has 0 unspecified atom stereocenters. The van der Waals surface area contributed by atoms with E-state index in [0.717, 1.165) is 89.9 Å². The monoisotopic (exact) mass is 808 g/mol. The first-order valence-electron chi connectivity index (χ1n) is 21.0.